The first-order valence-corrected chi connectivity index (χ1v) is 7.68. The number of nitrogens with one attached hydrogen (secondary N) is 1. The molecule has 0 aliphatic carbocycles. The molecular formula is C18H25N2O3+. The summed E-state index contributed by atoms with van der Waals surface area (Å²) in [7, 11) is 7.08. The molecule has 1 N–H and O–H groups in total. The van der Waals surface area contributed by atoms with Crippen molar-refractivity contribution in [1.29, 1.82) is 0 Å². The van der Waals surface area contributed by atoms with Gasteiger partial charge in [-0.2, -0.15) is 0 Å². The third-order valence-corrected chi connectivity index (χ3v) is 3.81. The van der Waals surface area contributed by atoms with E-state index in [1.165, 1.54) is 4.90 Å². The molecule has 0 amide bonds. The lowest BCUT2D eigenvalue weighted by Gasteiger charge is -2.18. The molecular weight excluding hydrogens is 292 g/mol. The number of ether oxygens (including phenoxy) is 3. The van der Waals surface area contributed by atoms with Gasteiger partial charge in [-0.05, 0) is 24.3 Å². The van der Waals surface area contributed by atoms with Gasteiger partial charge in [-0.3, -0.25) is 4.98 Å². The number of aromatic nitrogens is 1. The number of rotatable bonds is 8. The van der Waals surface area contributed by atoms with Crippen LogP contribution in [0.25, 0.3) is 0 Å². The zero-order valence-corrected chi connectivity index (χ0v) is 14.3. The molecule has 23 heavy (non-hydrogen) atoms. The molecule has 1 aromatic heterocycles. The Labute approximate surface area is 137 Å². The highest BCUT2D eigenvalue weighted by molar-refractivity contribution is 5.55. The molecule has 1 aromatic carbocycles. The standard InChI is InChI=1S/C18H24N2O3/c1-20(12-10-15-7-5-6-11-19-15)13-14-8-9-16(21-2)18(23-4)17(14)22-3/h5-9,11H,10,12-13H2,1-4H3/p+1. The minimum Gasteiger partial charge on any atom is -0.493 e. The van der Waals surface area contributed by atoms with Crippen molar-refractivity contribution in [1.82, 2.24) is 4.98 Å². The first kappa shape index (κ1) is 17.1. The third kappa shape index (κ3) is 4.36. The normalized spacial score (nSPS) is 11.8. The van der Waals surface area contributed by atoms with Crippen LogP contribution < -0.4 is 19.1 Å². The van der Waals surface area contributed by atoms with Crippen LogP contribution in [0.2, 0.25) is 0 Å². The molecule has 0 saturated heterocycles. The molecule has 0 radical (unpaired) electrons. The van der Waals surface area contributed by atoms with Crippen LogP contribution in [0.15, 0.2) is 36.5 Å². The van der Waals surface area contributed by atoms with Gasteiger partial charge in [0.05, 0.1) is 40.5 Å². The fourth-order valence-electron chi connectivity index (χ4n) is 2.60. The van der Waals surface area contributed by atoms with Crippen molar-refractivity contribution in [2.75, 3.05) is 34.9 Å². The molecule has 1 unspecified atom stereocenters. The van der Waals surface area contributed by atoms with Gasteiger partial charge < -0.3 is 19.1 Å². The largest absolute Gasteiger partial charge is 0.493 e. The van der Waals surface area contributed by atoms with Gasteiger partial charge in [-0.25, -0.2) is 0 Å². The predicted molar refractivity (Wildman–Crippen MR) is 89.5 cm³/mol. The smallest absolute Gasteiger partial charge is 0.203 e. The van der Waals surface area contributed by atoms with Gasteiger partial charge in [0.2, 0.25) is 5.75 Å². The van der Waals surface area contributed by atoms with E-state index in [0.717, 1.165) is 36.5 Å². The van der Waals surface area contributed by atoms with E-state index < -0.39 is 0 Å². The maximum absolute atomic E-state index is 5.54. The number of hydrogen-bond acceptors (Lipinski definition) is 4. The minimum absolute atomic E-state index is 0.644. The van der Waals surface area contributed by atoms with Gasteiger partial charge in [0, 0.05) is 18.3 Å². The van der Waals surface area contributed by atoms with Crippen LogP contribution >= 0.6 is 0 Å². The molecule has 1 atom stereocenters. The van der Waals surface area contributed by atoms with Crippen molar-refractivity contribution in [2.24, 2.45) is 0 Å². The second-order valence-electron chi connectivity index (χ2n) is 5.45. The molecule has 0 spiro atoms. The Morgan fingerprint density at radius 2 is 1.74 bits per heavy atom. The van der Waals surface area contributed by atoms with Crippen LogP contribution in [-0.4, -0.2) is 39.9 Å². The summed E-state index contributed by atoms with van der Waals surface area (Å²) in [6.45, 7) is 1.84. The quantitative estimate of drug-likeness (QED) is 0.799. The number of quaternary nitrogens is 1. The van der Waals surface area contributed by atoms with E-state index in [-0.39, 0.29) is 0 Å². The highest BCUT2D eigenvalue weighted by atomic mass is 16.5. The van der Waals surface area contributed by atoms with Gasteiger partial charge in [0.25, 0.3) is 0 Å². The zero-order valence-electron chi connectivity index (χ0n) is 14.3. The lowest BCUT2D eigenvalue weighted by Crippen LogP contribution is -3.07. The topological polar surface area (TPSA) is 45.0 Å². The second kappa shape index (κ2) is 8.39. The van der Waals surface area contributed by atoms with Crippen LogP contribution in [-0.2, 0) is 13.0 Å². The van der Waals surface area contributed by atoms with Crippen molar-refractivity contribution < 1.29 is 19.1 Å². The van der Waals surface area contributed by atoms with E-state index in [0.29, 0.717) is 11.5 Å². The van der Waals surface area contributed by atoms with Crippen molar-refractivity contribution in [3.05, 3.63) is 47.8 Å². The summed E-state index contributed by atoms with van der Waals surface area (Å²) in [5, 5.41) is 0. The Morgan fingerprint density at radius 3 is 2.35 bits per heavy atom. The molecule has 0 aliphatic heterocycles. The first-order chi connectivity index (χ1) is 11.2. The van der Waals surface area contributed by atoms with Crippen molar-refractivity contribution in [3.8, 4) is 17.2 Å². The lowest BCUT2D eigenvalue weighted by atomic mass is 10.1. The number of hydrogen-bond donors (Lipinski definition) is 1. The molecule has 5 nitrogen and oxygen atoms in total. The van der Waals surface area contributed by atoms with E-state index >= 15 is 0 Å². The average Bonchev–Trinajstić information content (AvgIpc) is 2.60. The van der Waals surface area contributed by atoms with Crippen LogP contribution in [0, 0.1) is 0 Å². The summed E-state index contributed by atoms with van der Waals surface area (Å²) >= 11 is 0. The molecule has 0 bridgehead atoms. The van der Waals surface area contributed by atoms with E-state index in [1.807, 2.05) is 30.5 Å². The first-order valence-electron chi connectivity index (χ1n) is 7.68. The lowest BCUT2D eigenvalue weighted by molar-refractivity contribution is -0.893. The Bertz CT molecular complexity index is 617. The van der Waals surface area contributed by atoms with Crippen molar-refractivity contribution >= 4 is 0 Å². The number of likely N-dealkylation sites (N-methyl/N-ethyl adjacent to an activating group) is 1. The molecule has 0 saturated carbocycles. The summed E-state index contributed by atoms with van der Waals surface area (Å²) < 4.78 is 16.3. The molecule has 2 rings (SSSR count). The van der Waals surface area contributed by atoms with Gasteiger partial charge >= 0.3 is 0 Å². The summed E-state index contributed by atoms with van der Waals surface area (Å²) in [6, 6.07) is 9.97. The molecule has 1 heterocycles. The molecule has 5 heteroatoms. The van der Waals surface area contributed by atoms with E-state index in [9.17, 15) is 0 Å². The summed E-state index contributed by atoms with van der Waals surface area (Å²) in [5.41, 5.74) is 2.22. The maximum Gasteiger partial charge on any atom is 0.203 e. The summed E-state index contributed by atoms with van der Waals surface area (Å²) in [4.78, 5) is 5.74. The Morgan fingerprint density at radius 1 is 0.957 bits per heavy atom. The van der Waals surface area contributed by atoms with E-state index in [1.54, 1.807) is 21.3 Å². The highest BCUT2D eigenvalue weighted by Gasteiger charge is 2.18. The zero-order chi connectivity index (χ0) is 16.7. The number of pyridine rings is 1. The second-order valence-corrected chi connectivity index (χ2v) is 5.45. The molecule has 0 aliphatic rings. The van der Waals surface area contributed by atoms with Crippen LogP contribution in [0.1, 0.15) is 11.3 Å². The summed E-state index contributed by atoms with van der Waals surface area (Å²) in [6.07, 6.45) is 2.78. The van der Waals surface area contributed by atoms with Gasteiger partial charge in [-0.15, -0.1) is 0 Å². The maximum atomic E-state index is 5.54. The van der Waals surface area contributed by atoms with E-state index in [2.05, 4.69) is 18.1 Å². The van der Waals surface area contributed by atoms with Gasteiger partial charge in [0.15, 0.2) is 11.5 Å². The fraction of sp³-hybridized carbons (Fsp3) is 0.389. The van der Waals surface area contributed by atoms with Crippen molar-refractivity contribution in [3.63, 3.8) is 0 Å². The Balaban J connectivity index is 2.06. The van der Waals surface area contributed by atoms with E-state index in [4.69, 9.17) is 14.2 Å². The highest BCUT2D eigenvalue weighted by Crippen LogP contribution is 2.39. The number of nitrogens with zero attached hydrogens (tertiary/aromatic N) is 1. The monoisotopic (exact) mass is 317 g/mol. The van der Waals surface area contributed by atoms with Crippen LogP contribution in [0.3, 0.4) is 0 Å². The number of benzene rings is 1. The molecule has 0 fully saturated rings. The Hall–Kier alpha value is -2.27. The minimum atomic E-state index is 0.644. The fourth-order valence-corrected chi connectivity index (χ4v) is 2.60. The summed E-state index contributed by atoms with van der Waals surface area (Å²) in [5.74, 6) is 2.06. The number of methoxy groups -OCH3 is 3. The molecule has 2 aromatic rings. The molecule has 124 valence electrons. The Kier molecular flexibility index (Phi) is 6.23. The average molecular weight is 317 g/mol. The third-order valence-electron chi connectivity index (χ3n) is 3.81. The van der Waals surface area contributed by atoms with Gasteiger partial charge in [0.1, 0.15) is 6.54 Å². The van der Waals surface area contributed by atoms with Gasteiger partial charge in [-0.1, -0.05) is 6.07 Å². The predicted octanol–water partition coefficient (Wildman–Crippen LogP) is 1.36. The van der Waals surface area contributed by atoms with Crippen LogP contribution in [0.5, 0.6) is 17.2 Å². The van der Waals surface area contributed by atoms with Crippen molar-refractivity contribution in [2.45, 2.75) is 13.0 Å². The van der Waals surface area contributed by atoms with Crippen LogP contribution in [0.4, 0.5) is 0 Å². The SMILES string of the molecule is COc1ccc(C[NH+](C)CCc2ccccn2)c(OC)c1OC.